The minimum absolute atomic E-state index is 0.0894. The van der Waals surface area contributed by atoms with Gasteiger partial charge in [0.25, 0.3) is 0 Å². The molecule has 1 aromatic heterocycles. The highest BCUT2D eigenvalue weighted by Gasteiger charge is 2.36. The number of amides is 2. The van der Waals surface area contributed by atoms with E-state index >= 15 is 0 Å². The monoisotopic (exact) mass is 380 g/mol. The van der Waals surface area contributed by atoms with E-state index in [0.717, 1.165) is 22.8 Å². The number of hydrogen-bond acceptors (Lipinski definition) is 3. The number of benzene rings is 1. The summed E-state index contributed by atoms with van der Waals surface area (Å²) in [6.45, 7) is 2.04. The number of carbonyl (C=O) groups is 1. The fraction of sp³-hybridized carbons (Fsp3) is 0.500. The Balaban J connectivity index is 1.68. The molecule has 2 unspecified atom stereocenters. The molecule has 148 valence electrons. The van der Waals surface area contributed by atoms with Crippen LogP contribution in [0.5, 0.6) is 5.75 Å². The molecule has 1 aliphatic heterocycles. The van der Waals surface area contributed by atoms with Crippen LogP contribution in [0.1, 0.15) is 80.4 Å². The van der Waals surface area contributed by atoms with Gasteiger partial charge in [-0.25, -0.2) is 14.8 Å². The van der Waals surface area contributed by atoms with Crippen molar-refractivity contribution in [1.29, 1.82) is 0 Å². The second-order valence-corrected chi connectivity index (χ2v) is 7.69. The summed E-state index contributed by atoms with van der Waals surface area (Å²) in [5.74, 6) is 2.16. The Labute approximate surface area is 165 Å². The molecule has 6 nitrogen and oxygen atoms in total. The van der Waals surface area contributed by atoms with Crippen LogP contribution in [0, 0.1) is 0 Å². The van der Waals surface area contributed by atoms with E-state index in [1.807, 2.05) is 37.4 Å². The number of urea groups is 1. The Kier molecular flexibility index (Phi) is 5.46. The van der Waals surface area contributed by atoms with Crippen molar-refractivity contribution in [3.05, 3.63) is 47.5 Å². The normalized spacial score (nSPS) is 23.2. The first kappa shape index (κ1) is 18.7. The smallest absolute Gasteiger partial charge is 0.341 e. The molecule has 1 saturated carbocycles. The summed E-state index contributed by atoms with van der Waals surface area (Å²) in [6.07, 6.45) is 9.05. The number of hydrogen-bond donors (Lipinski definition) is 2. The van der Waals surface area contributed by atoms with E-state index in [-0.39, 0.29) is 18.0 Å². The summed E-state index contributed by atoms with van der Waals surface area (Å²) in [5, 5.41) is 3.04. The first-order chi connectivity index (χ1) is 13.7. The summed E-state index contributed by atoms with van der Waals surface area (Å²) in [6, 6.07) is 7.36. The van der Waals surface area contributed by atoms with Crippen molar-refractivity contribution < 1.29 is 9.53 Å². The molecule has 2 heterocycles. The molecule has 6 heteroatoms. The van der Waals surface area contributed by atoms with Gasteiger partial charge in [-0.05, 0) is 37.0 Å². The number of aromatic nitrogens is 2. The van der Waals surface area contributed by atoms with E-state index < -0.39 is 0 Å². The number of H-pyrrole nitrogens is 1. The van der Waals surface area contributed by atoms with Gasteiger partial charge in [-0.1, -0.05) is 38.3 Å². The second-order valence-electron chi connectivity index (χ2n) is 7.69. The Morgan fingerprint density at radius 1 is 1.14 bits per heavy atom. The van der Waals surface area contributed by atoms with Crippen LogP contribution in [0.25, 0.3) is 0 Å². The number of carbonyl (C=O) groups excluding carboxylic acids is 1. The van der Waals surface area contributed by atoms with Crippen molar-refractivity contribution in [2.45, 2.75) is 63.3 Å². The van der Waals surface area contributed by atoms with E-state index in [2.05, 4.69) is 15.3 Å². The standard InChI is InChI=1S/C22H28N4O2/c1-3-17-19(21-23-13-18(24-21)14-7-5-4-6-8-14)20(26-22(27)25-17)15-9-11-16(28-2)12-10-15/h9-14,19-20H,3-8H2,1-2H3,(H,23,24)(H,26,27). The van der Waals surface area contributed by atoms with Gasteiger partial charge in [0.2, 0.25) is 0 Å². The zero-order valence-electron chi connectivity index (χ0n) is 16.6. The third kappa shape index (κ3) is 3.68. The molecule has 28 heavy (non-hydrogen) atoms. The van der Waals surface area contributed by atoms with Crippen molar-refractivity contribution in [1.82, 2.24) is 15.3 Å². The van der Waals surface area contributed by atoms with E-state index in [4.69, 9.17) is 9.72 Å². The van der Waals surface area contributed by atoms with Crippen LogP contribution in [0.4, 0.5) is 4.79 Å². The van der Waals surface area contributed by atoms with E-state index in [9.17, 15) is 4.79 Å². The lowest BCUT2D eigenvalue weighted by atomic mass is 9.85. The van der Waals surface area contributed by atoms with Gasteiger partial charge in [0.15, 0.2) is 0 Å². The number of aliphatic imine (C=N–C) groups is 1. The third-order valence-electron chi connectivity index (χ3n) is 6.01. The van der Waals surface area contributed by atoms with Crippen molar-refractivity contribution in [3.8, 4) is 5.75 Å². The maximum Gasteiger partial charge on any atom is 0.341 e. The minimum Gasteiger partial charge on any atom is -0.497 e. The fourth-order valence-corrected chi connectivity index (χ4v) is 4.47. The summed E-state index contributed by atoms with van der Waals surface area (Å²) in [7, 11) is 1.65. The zero-order valence-corrected chi connectivity index (χ0v) is 16.6. The summed E-state index contributed by atoms with van der Waals surface area (Å²) >= 11 is 0. The lowest BCUT2D eigenvalue weighted by molar-refractivity contribution is 0.242. The second kappa shape index (κ2) is 8.17. The van der Waals surface area contributed by atoms with Crippen molar-refractivity contribution in [2.75, 3.05) is 7.11 Å². The topological polar surface area (TPSA) is 79.4 Å². The molecule has 2 aromatic rings. The number of rotatable bonds is 5. The summed E-state index contributed by atoms with van der Waals surface area (Å²) in [4.78, 5) is 24.8. The van der Waals surface area contributed by atoms with Crippen LogP contribution in [0.3, 0.4) is 0 Å². The van der Waals surface area contributed by atoms with Gasteiger partial charge >= 0.3 is 6.03 Å². The molecule has 2 N–H and O–H groups in total. The zero-order chi connectivity index (χ0) is 19.5. The number of ether oxygens (including phenoxy) is 1. The molecule has 2 amide bonds. The van der Waals surface area contributed by atoms with Crippen LogP contribution < -0.4 is 10.1 Å². The molecular weight excluding hydrogens is 352 g/mol. The molecule has 0 spiro atoms. The predicted molar refractivity (Wildman–Crippen MR) is 109 cm³/mol. The molecule has 4 rings (SSSR count). The van der Waals surface area contributed by atoms with Crippen LogP contribution in [0.15, 0.2) is 35.5 Å². The SMILES string of the molecule is CCC1=NC(=O)NC(c2ccc(OC)cc2)C1c1ncc(C2CCCCC2)[nH]1. The van der Waals surface area contributed by atoms with Crippen molar-refractivity contribution >= 4 is 11.7 Å². The van der Waals surface area contributed by atoms with Crippen molar-refractivity contribution in [2.24, 2.45) is 4.99 Å². The number of imidazole rings is 1. The molecule has 2 atom stereocenters. The fourth-order valence-electron chi connectivity index (χ4n) is 4.47. The summed E-state index contributed by atoms with van der Waals surface area (Å²) in [5.41, 5.74) is 3.11. The van der Waals surface area contributed by atoms with E-state index in [0.29, 0.717) is 12.3 Å². The Morgan fingerprint density at radius 2 is 1.89 bits per heavy atom. The Bertz CT molecular complexity index is 850. The third-order valence-corrected chi connectivity index (χ3v) is 6.01. The van der Waals surface area contributed by atoms with Gasteiger partial charge in [0, 0.05) is 23.5 Å². The number of nitrogens with zero attached hydrogens (tertiary/aromatic N) is 2. The van der Waals surface area contributed by atoms with Gasteiger partial charge in [0.1, 0.15) is 11.6 Å². The van der Waals surface area contributed by atoms with Gasteiger partial charge < -0.3 is 15.0 Å². The van der Waals surface area contributed by atoms with E-state index in [1.54, 1.807) is 7.11 Å². The number of nitrogens with one attached hydrogen (secondary N) is 2. The molecule has 0 bridgehead atoms. The molecule has 1 aromatic carbocycles. The average Bonchev–Trinajstić information content (AvgIpc) is 3.23. The highest BCUT2D eigenvalue weighted by Crippen LogP contribution is 2.37. The maximum absolute atomic E-state index is 12.2. The van der Waals surface area contributed by atoms with Gasteiger partial charge in [-0.3, -0.25) is 0 Å². The van der Waals surface area contributed by atoms with Crippen LogP contribution in [-0.2, 0) is 0 Å². The molecule has 1 fully saturated rings. The number of methoxy groups -OCH3 is 1. The molecule has 0 radical (unpaired) electrons. The maximum atomic E-state index is 12.2. The predicted octanol–water partition coefficient (Wildman–Crippen LogP) is 4.87. The van der Waals surface area contributed by atoms with Crippen LogP contribution in [-0.4, -0.2) is 28.8 Å². The van der Waals surface area contributed by atoms with E-state index in [1.165, 1.54) is 37.8 Å². The largest absolute Gasteiger partial charge is 0.497 e. The average molecular weight is 380 g/mol. The molecular formula is C22H28N4O2. The Hall–Kier alpha value is -2.63. The quantitative estimate of drug-likeness (QED) is 0.777. The van der Waals surface area contributed by atoms with Crippen LogP contribution >= 0.6 is 0 Å². The lowest BCUT2D eigenvalue weighted by Gasteiger charge is -2.31. The van der Waals surface area contributed by atoms with Crippen molar-refractivity contribution in [3.63, 3.8) is 0 Å². The summed E-state index contributed by atoms with van der Waals surface area (Å²) < 4.78 is 5.27. The number of aromatic amines is 1. The first-order valence-electron chi connectivity index (χ1n) is 10.3. The van der Waals surface area contributed by atoms with Gasteiger partial charge in [0.05, 0.1) is 19.1 Å². The lowest BCUT2D eigenvalue weighted by Crippen LogP contribution is -2.39. The van der Waals surface area contributed by atoms with Crippen LogP contribution in [0.2, 0.25) is 0 Å². The molecule has 2 aliphatic rings. The highest BCUT2D eigenvalue weighted by molar-refractivity contribution is 6.01. The minimum atomic E-state index is -0.284. The highest BCUT2D eigenvalue weighted by atomic mass is 16.5. The Morgan fingerprint density at radius 3 is 2.57 bits per heavy atom. The van der Waals surface area contributed by atoms with Gasteiger partial charge in [-0.15, -0.1) is 0 Å². The molecule has 1 aliphatic carbocycles. The molecule has 0 saturated heterocycles. The van der Waals surface area contributed by atoms with Gasteiger partial charge in [-0.2, -0.15) is 0 Å². The first-order valence-corrected chi connectivity index (χ1v) is 10.3.